The summed E-state index contributed by atoms with van der Waals surface area (Å²) in [7, 11) is 1.52. The van der Waals surface area contributed by atoms with Crippen LogP contribution in [0.1, 0.15) is 59.2 Å². The maximum Gasteiger partial charge on any atom is 0.254 e. The number of pyridine rings is 1. The Morgan fingerprint density at radius 2 is 1.95 bits per heavy atom. The summed E-state index contributed by atoms with van der Waals surface area (Å²) in [6, 6.07) is 15.7. The zero-order valence-electron chi connectivity index (χ0n) is 22.3. The van der Waals surface area contributed by atoms with Crippen molar-refractivity contribution in [2.75, 3.05) is 19.0 Å². The summed E-state index contributed by atoms with van der Waals surface area (Å²) in [5.41, 5.74) is 8.31. The van der Waals surface area contributed by atoms with Gasteiger partial charge in [0, 0.05) is 38.0 Å². The first-order valence-electron chi connectivity index (χ1n) is 13.5. The third kappa shape index (κ3) is 5.74. The highest BCUT2D eigenvalue weighted by Gasteiger charge is 2.41. The monoisotopic (exact) mass is 541 g/mol. The van der Waals surface area contributed by atoms with Gasteiger partial charge in [-0.1, -0.05) is 25.0 Å². The molecule has 5 rings (SSSR count). The van der Waals surface area contributed by atoms with Gasteiger partial charge in [-0.05, 0) is 72.4 Å². The number of hydrogen-bond donors (Lipinski definition) is 2. The molecule has 0 radical (unpaired) electrons. The largest absolute Gasteiger partial charge is 0.380 e. The third-order valence-electron chi connectivity index (χ3n) is 7.98. The van der Waals surface area contributed by atoms with Gasteiger partial charge in [0.2, 0.25) is 5.91 Å². The number of nitrogens with two attached hydrogens (primary N) is 1. The summed E-state index contributed by atoms with van der Waals surface area (Å²) in [5.74, 6) is -0.871. The number of rotatable bonds is 9. The van der Waals surface area contributed by atoms with E-state index >= 15 is 4.39 Å². The number of methoxy groups -OCH3 is 1. The fourth-order valence-electron chi connectivity index (χ4n) is 5.39. The van der Waals surface area contributed by atoms with Crippen molar-refractivity contribution in [1.82, 2.24) is 9.88 Å². The van der Waals surface area contributed by atoms with E-state index in [-0.39, 0.29) is 24.8 Å². The van der Waals surface area contributed by atoms with Crippen LogP contribution in [0.3, 0.4) is 0 Å². The van der Waals surface area contributed by atoms with E-state index in [4.69, 9.17) is 10.5 Å². The van der Waals surface area contributed by atoms with E-state index in [0.29, 0.717) is 29.0 Å². The topological polar surface area (TPSA) is 121 Å². The van der Waals surface area contributed by atoms with Gasteiger partial charge >= 0.3 is 0 Å². The number of nitrogens with one attached hydrogen (secondary N) is 1. The lowest BCUT2D eigenvalue weighted by Gasteiger charge is -2.31. The first kappa shape index (κ1) is 27.4. The number of halogens is 1. The molecule has 2 amide bonds. The molecule has 2 aromatic carbocycles. The molecular weight excluding hydrogens is 509 g/mol. The minimum absolute atomic E-state index is 0.00227. The highest BCUT2D eigenvalue weighted by atomic mass is 19.1. The van der Waals surface area contributed by atoms with Gasteiger partial charge < -0.3 is 20.7 Å². The molecule has 1 aliphatic carbocycles. The van der Waals surface area contributed by atoms with Crippen molar-refractivity contribution in [3.63, 3.8) is 0 Å². The standard InChI is InChI=1S/C31H32FN5O3/c1-40-25-17-28(37(19-25)30(39)22-4-2-3-21(15-22)18-33)29(38)36-27-16-24(7-8-26(27)32)31(34,12-9-20-5-6-20)23-10-13-35-14-11-23/h2-4,7-8,10-11,13-16,20,25,28H,5-6,9,12,17,19,34H2,1H3,(H,36,38)/t25-,28-,31?/m1/s1. The summed E-state index contributed by atoms with van der Waals surface area (Å²) in [6.07, 6.45) is 7.27. The Hall–Kier alpha value is -4.13. The summed E-state index contributed by atoms with van der Waals surface area (Å²) < 4.78 is 20.5. The molecule has 1 unspecified atom stereocenters. The Morgan fingerprint density at radius 3 is 2.65 bits per heavy atom. The van der Waals surface area contributed by atoms with Gasteiger partial charge in [0.05, 0.1) is 29.0 Å². The molecule has 0 spiro atoms. The fraction of sp³-hybridized carbons (Fsp3) is 0.355. The van der Waals surface area contributed by atoms with Crippen molar-refractivity contribution >= 4 is 17.5 Å². The van der Waals surface area contributed by atoms with Crippen LogP contribution in [0.4, 0.5) is 10.1 Å². The maximum atomic E-state index is 15.1. The van der Waals surface area contributed by atoms with E-state index in [1.165, 1.54) is 37.0 Å². The average molecular weight is 542 g/mol. The van der Waals surface area contributed by atoms with Crippen LogP contribution in [0.2, 0.25) is 0 Å². The van der Waals surface area contributed by atoms with E-state index in [9.17, 15) is 14.9 Å². The van der Waals surface area contributed by atoms with Gasteiger partial charge in [0.25, 0.3) is 5.91 Å². The van der Waals surface area contributed by atoms with Gasteiger partial charge in [0.1, 0.15) is 11.9 Å². The summed E-state index contributed by atoms with van der Waals surface area (Å²) in [4.78, 5) is 32.4. The van der Waals surface area contributed by atoms with E-state index in [2.05, 4.69) is 10.3 Å². The van der Waals surface area contributed by atoms with Crippen LogP contribution in [0.15, 0.2) is 67.0 Å². The molecule has 2 aliphatic rings. The number of ether oxygens (including phenoxy) is 1. The zero-order chi connectivity index (χ0) is 28.3. The number of anilines is 1. The van der Waals surface area contributed by atoms with Crippen molar-refractivity contribution in [2.45, 2.75) is 49.8 Å². The predicted octanol–water partition coefficient (Wildman–Crippen LogP) is 4.35. The molecule has 1 aliphatic heterocycles. The van der Waals surface area contributed by atoms with Crippen molar-refractivity contribution in [3.8, 4) is 6.07 Å². The number of aromatic nitrogens is 1. The lowest BCUT2D eigenvalue weighted by molar-refractivity contribution is -0.119. The quantitative estimate of drug-likeness (QED) is 0.415. The Bertz CT molecular complexity index is 1440. The van der Waals surface area contributed by atoms with Crippen LogP contribution >= 0.6 is 0 Å². The molecule has 2 fully saturated rings. The van der Waals surface area contributed by atoms with E-state index in [1.807, 2.05) is 18.2 Å². The number of amides is 2. The van der Waals surface area contributed by atoms with Crippen molar-refractivity contribution in [1.29, 1.82) is 5.26 Å². The highest BCUT2D eigenvalue weighted by molar-refractivity contribution is 6.02. The molecule has 3 aromatic rings. The molecule has 2 heterocycles. The van der Waals surface area contributed by atoms with Gasteiger partial charge in [-0.25, -0.2) is 4.39 Å². The van der Waals surface area contributed by atoms with Crippen LogP contribution in [-0.2, 0) is 15.1 Å². The van der Waals surface area contributed by atoms with E-state index < -0.39 is 29.2 Å². The molecule has 3 atom stereocenters. The number of nitriles is 1. The number of carbonyl (C=O) groups excluding carboxylic acids is 2. The van der Waals surface area contributed by atoms with Gasteiger partial charge in [-0.3, -0.25) is 14.6 Å². The second-order valence-electron chi connectivity index (χ2n) is 10.6. The number of likely N-dealkylation sites (tertiary alicyclic amines) is 1. The Kier molecular flexibility index (Phi) is 7.92. The average Bonchev–Trinajstić information content (AvgIpc) is 3.72. The van der Waals surface area contributed by atoms with Crippen LogP contribution in [0.25, 0.3) is 0 Å². The smallest absolute Gasteiger partial charge is 0.254 e. The molecule has 3 N–H and O–H groups in total. The van der Waals surface area contributed by atoms with Crippen LogP contribution < -0.4 is 11.1 Å². The minimum Gasteiger partial charge on any atom is -0.380 e. The summed E-state index contributed by atoms with van der Waals surface area (Å²) >= 11 is 0. The predicted molar refractivity (Wildman–Crippen MR) is 148 cm³/mol. The first-order chi connectivity index (χ1) is 19.3. The molecule has 40 heavy (non-hydrogen) atoms. The summed E-state index contributed by atoms with van der Waals surface area (Å²) in [6.45, 7) is 0.196. The van der Waals surface area contributed by atoms with Crippen LogP contribution in [0.5, 0.6) is 0 Å². The zero-order valence-corrected chi connectivity index (χ0v) is 22.3. The molecule has 1 saturated carbocycles. The number of benzene rings is 2. The van der Waals surface area contributed by atoms with Crippen LogP contribution in [-0.4, -0.2) is 47.5 Å². The molecule has 8 nitrogen and oxygen atoms in total. The Balaban J connectivity index is 1.41. The lowest BCUT2D eigenvalue weighted by Crippen LogP contribution is -2.43. The lowest BCUT2D eigenvalue weighted by atomic mass is 9.79. The van der Waals surface area contributed by atoms with Crippen LogP contribution in [0, 0.1) is 23.1 Å². The molecule has 0 bridgehead atoms. The molecule has 9 heteroatoms. The maximum absolute atomic E-state index is 15.1. The number of nitrogens with zero attached hydrogens (tertiary/aromatic N) is 3. The highest BCUT2D eigenvalue weighted by Crippen LogP contribution is 2.40. The SMILES string of the molecule is CO[C@@H]1C[C@H](C(=O)Nc2cc(C(N)(CCC3CC3)c3ccncc3)ccc2F)N(C(=O)c2cccc(C#N)c2)C1. The fourth-order valence-corrected chi connectivity index (χ4v) is 5.39. The van der Waals surface area contributed by atoms with Gasteiger partial charge in [-0.2, -0.15) is 5.26 Å². The third-order valence-corrected chi connectivity index (χ3v) is 7.98. The van der Waals surface area contributed by atoms with Crippen molar-refractivity contribution < 1.29 is 18.7 Å². The number of hydrogen-bond acceptors (Lipinski definition) is 6. The van der Waals surface area contributed by atoms with Gasteiger partial charge in [0.15, 0.2) is 0 Å². The molecule has 1 aromatic heterocycles. The van der Waals surface area contributed by atoms with E-state index in [0.717, 1.165) is 12.0 Å². The molecule has 206 valence electrons. The Labute approximate surface area is 233 Å². The second-order valence-corrected chi connectivity index (χ2v) is 10.6. The summed E-state index contributed by atoms with van der Waals surface area (Å²) in [5, 5.41) is 11.9. The second kappa shape index (κ2) is 11.5. The van der Waals surface area contributed by atoms with Crippen molar-refractivity contribution in [3.05, 3.63) is 95.1 Å². The molecule has 1 saturated heterocycles. The van der Waals surface area contributed by atoms with Crippen molar-refractivity contribution in [2.24, 2.45) is 11.7 Å². The van der Waals surface area contributed by atoms with Gasteiger partial charge in [-0.15, -0.1) is 0 Å². The number of carbonyl (C=O) groups is 2. The van der Waals surface area contributed by atoms with E-state index in [1.54, 1.807) is 42.7 Å². The first-order valence-corrected chi connectivity index (χ1v) is 13.5. The molecular formula is C31H32FN5O3. The Morgan fingerprint density at radius 1 is 1.18 bits per heavy atom. The normalized spacial score (nSPS) is 20.0. The minimum atomic E-state index is -0.888.